The van der Waals surface area contributed by atoms with E-state index in [-0.39, 0.29) is 0 Å². The number of nitrogens with one attached hydrogen (secondary N) is 1. The van der Waals surface area contributed by atoms with Crippen molar-refractivity contribution in [3.63, 3.8) is 0 Å². The molecule has 0 saturated heterocycles. The van der Waals surface area contributed by atoms with Crippen LogP contribution in [0.5, 0.6) is 5.75 Å². The van der Waals surface area contributed by atoms with E-state index < -0.39 is 0 Å². The monoisotopic (exact) mass is 341 g/mol. The van der Waals surface area contributed by atoms with E-state index in [0.717, 1.165) is 35.4 Å². The highest BCUT2D eigenvalue weighted by Crippen LogP contribution is 2.32. The highest BCUT2D eigenvalue weighted by molar-refractivity contribution is 9.10. The number of halogens is 1. The molecular formula is C18H16BrNO. The molecular weight excluding hydrogens is 326 g/mol. The summed E-state index contributed by atoms with van der Waals surface area (Å²) in [6.07, 6.45) is 0.996. The molecule has 3 heteroatoms. The van der Waals surface area contributed by atoms with Crippen LogP contribution in [0.4, 0.5) is 0 Å². The first kappa shape index (κ1) is 14.2. The van der Waals surface area contributed by atoms with E-state index in [9.17, 15) is 0 Å². The van der Waals surface area contributed by atoms with Crippen molar-refractivity contribution in [3.8, 4) is 17.6 Å². The molecule has 0 unspecified atom stereocenters. The highest BCUT2D eigenvalue weighted by Gasteiger charge is 2.16. The number of hydrogen-bond acceptors (Lipinski definition) is 2. The molecule has 0 spiro atoms. The molecule has 0 aliphatic carbocycles. The number of fused-ring (bicyclic) bond motifs is 1. The van der Waals surface area contributed by atoms with E-state index in [1.54, 1.807) is 0 Å². The predicted molar refractivity (Wildman–Crippen MR) is 88.4 cm³/mol. The molecule has 0 bridgehead atoms. The largest absolute Gasteiger partial charge is 0.493 e. The molecule has 1 heterocycles. The maximum atomic E-state index is 5.71. The number of benzene rings is 2. The van der Waals surface area contributed by atoms with Gasteiger partial charge in [0.2, 0.25) is 0 Å². The Kier molecular flexibility index (Phi) is 4.59. The van der Waals surface area contributed by atoms with Crippen molar-refractivity contribution >= 4 is 15.9 Å². The molecule has 0 amide bonds. The van der Waals surface area contributed by atoms with E-state index in [1.165, 1.54) is 11.1 Å². The quantitative estimate of drug-likeness (QED) is 0.681. The Morgan fingerprint density at radius 3 is 2.90 bits per heavy atom. The first-order chi connectivity index (χ1) is 10.3. The Hall–Kier alpha value is -1.76. The molecule has 106 valence electrons. The number of hydrogen-bond donors (Lipinski definition) is 1. The third kappa shape index (κ3) is 3.66. The van der Waals surface area contributed by atoms with Crippen molar-refractivity contribution in [2.75, 3.05) is 13.2 Å². The van der Waals surface area contributed by atoms with Gasteiger partial charge >= 0.3 is 0 Å². The SMILES string of the molecule is Brc1cc2c(c(CNCC#Cc3ccccc3)c1)OCC2. The molecule has 0 fully saturated rings. The summed E-state index contributed by atoms with van der Waals surface area (Å²) >= 11 is 3.56. The summed E-state index contributed by atoms with van der Waals surface area (Å²) in [7, 11) is 0. The van der Waals surface area contributed by atoms with Crippen LogP contribution in [-0.2, 0) is 13.0 Å². The number of ether oxygens (including phenoxy) is 1. The molecule has 0 saturated carbocycles. The molecule has 1 aliphatic heterocycles. The van der Waals surface area contributed by atoms with Gasteiger partial charge in [-0.3, -0.25) is 0 Å². The zero-order valence-electron chi connectivity index (χ0n) is 11.7. The van der Waals surface area contributed by atoms with Gasteiger partial charge in [-0.05, 0) is 29.8 Å². The Labute approximate surface area is 133 Å². The molecule has 0 atom stereocenters. The second-order valence-electron chi connectivity index (χ2n) is 4.92. The lowest BCUT2D eigenvalue weighted by molar-refractivity contribution is 0.352. The Balaban J connectivity index is 1.58. The zero-order valence-corrected chi connectivity index (χ0v) is 13.2. The lowest BCUT2D eigenvalue weighted by atomic mass is 10.1. The van der Waals surface area contributed by atoms with E-state index in [1.807, 2.05) is 30.3 Å². The standard InChI is InChI=1S/C18H16BrNO/c19-17-11-15-8-10-21-18(15)16(12-17)13-20-9-4-7-14-5-2-1-3-6-14/h1-3,5-6,11-12,20H,8-10,13H2. The fourth-order valence-corrected chi connectivity index (χ4v) is 2.96. The van der Waals surface area contributed by atoms with Crippen LogP contribution in [0, 0.1) is 11.8 Å². The van der Waals surface area contributed by atoms with E-state index in [0.29, 0.717) is 6.54 Å². The van der Waals surface area contributed by atoms with Crippen molar-refractivity contribution in [2.24, 2.45) is 0 Å². The predicted octanol–water partition coefficient (Wildman–Crippen LogP) is 3.53. The molecule has 1 aliphatic rings. The molecule has 1 N–H and O–H groups in total. The van der Waals surface area contributed by atoms with E-state index in [2.05, 4.69) is 45.2 Å². The minimum absolute atomic E-state index is 0.663. The maximum absolute atomic E-state index is 5.71. The van der Waals surface area contributed by atoms with Crippen molar-refractivity contribution in [3.05, 3.63) is 63.6 Å². The van der Waals surface area contributed by atoms with Crippen LogP contribution in [0.1, 0.15) is 16.7 Å². The highest BCUT2D eigenvalue weighted by atomic mass is 79.9. The van der Waals surface area contributed by atoms with Crippen molar-refractivity contribution in [2.45, 2.75) is 13.0 Å². The second-order valence-corrected chi connectivity index (χ2v) is 5.84. The van der Waals surface area contributed by atoms with E-state index >= 15 is 0 Å². The molecule has 2 aromatic carbocycles. The Morgan fingerprint density at radius 2 is 2.05 bits per heavy atom. The third-order valence-corrected chi connectivity index (χ3v) is 3.82. The van der Waals surface area contributed by atoms with Gasteiger partial charge in [-0.15, -0.1) is 0 Å². The number of rotatable bonds is 3. The van der Waals surface area contributed by atoms with Gasteiger partial charge in [-0.2, -0.15) is 0 Å². The maximum Gasteiger partial charge on any atom is 0.127 e. The van der Waals surface area contributed by atoms with Gasteiger partial charge in [0.05, 0.1) is 13.2 Å². The van der Waals surface area contributed by atoms with Crippen LogP contribution >= 0.6 is 15.9 Å². The van der Waals surface area contributed by atoms with Crippen LogP contribution in [0.25, 0.3) is 0 Å². The topological polar surface area (TPSA) is 21.3 Å². The van der Waals surface area contributed by atoms with Gasteiger partial charge in [0.15, 0.2) is 0 Å². The summed E-state index contributed by atoms with van der Waals surface area (Å²) in [5.41, 5.74) is 3.53. The molecule has 0 aromatic heterocycles. The summed E-state index contributed by atoms with van der Waals surface area (Å²) < 4.78 is 6.82. The summed E-state index contributed by atoms with van der Waals surface area (Å²) in [6, 6.07) is 14.3. The van der Waals surface area contributed by atoms with Gasteiger partial charge in [-0.25, -0.2) is 0 Å². The van der Waals surface area contributed by atoms with Crippen LogP contribution in [0.2, 0.25) is 0 Å². The average Bonchev–Trinajstić information content (AvgIpc) is 2.96. The lowest BCUT2D eigenvalue weighted by Gasteiger charge is -2.09. The van der Waals surface area contributed by atoms with Gasteiger partial charge in [0.25, 0.3) is 0 Å². The minimum atomic E-state index is 0.663. The van der Waals surface area contributed by atoms with Gasteiger partial charge in [0.1, 0.15) is 5.75 Å². The fourth-order valence-electron chi connectivity index (χ4n) is 2.40. The van der Waals surface area contributed by atoms with E-state index in [4.69, 9.17) is 4.74 Å². The smallest absolute Gasteiger partial charge is 0.127 e. The first-order valence-electron chi connectivity index (χ1n) is 7.01. The van der Waals surface area contributed by atoms with Gasteiger partial charge < -0.3 is 10.1 Å². The van der Waals surface area contributed by atoms with Crippen LogP contribution in [-0.4, -0.2) is 13.2 Å². The minimum Gasteiger partial charge on any atom is -0.493 e. The lowest BCUT2D eigenvalue weighted by Crippen LogP contribution is -2.14. The molecule has 2 nitrogen and oxygen atoms in total. The van der Waals surface area contributed by atoms with Crippen molar-refractivity contribution in [1.29, 1.82) is 0 Å². The Morgan fingerprint density at radius 1 is 1.19 bits per heavy atom. The summed E-state index contributed by atoms with van der Waals surface area (Å²) in [6.45, 7) is 2.22. The normalized spacial score (nSPS) is 12.2. The van der Waals surface area contributed by atoms with Crippen LogP contribution in [0.3, 0.4) is 0 Å². The van der Waals surface area contributed by atoms with Crippen LogP contribution in [0.15, 0.2) is 46.9 Å². The average molecular weight is 342 g/mol. The summed E-state index contributed by atoms with van der Waals surface area (Å²) in [5.74, 6) is 7.33. The Bertz CT molecular complexity index is 686. The van der Waals surface area contributed by atoms with Gasteiger partial charge in [0, 0.05) is 28.6 Å². The molecule has 3 rings (SSSR count). The van der Waals surface area contributed by atoms with Crippen molar-refractivity contribution in [1.82, 2.24) is 5.32 Å². The molecule has 0 radical (unpaired) electrons. The third-order valence-electron chi connectivity index (χ3n) is 3.36. The van der Waals surface area contributed by atoms with Crippen LogP contribution < -0.4 is 10.1 Å². The van der Waals surface area contributed by atoms with Gasteiger partial charge in [-0.1, -0.05) is 46.0 Å². The second kappa shape index (κ2) is 6.80. The fraction of sp³-hybridized carbons (Fsp3) is 0.222. The summed E-state index contributed by atoms with van der Waals surface area (Å²) in [5, 5.41) is 3.35. The van der Waals surface area contributed by atoms with Crippen molar-refractivity contribution < 1.29 is 4.74 Å². The molecule has 21 heavy (non-hydrogen) atoms. The zero-order chi connectivity index (χ0) is 14.5. The first-order valence-corrected chi connectivity index (χ1v) is 7.81. The molecule has 2 aromatic rings. The summed E-state index contributed by atoms with van der Waals surface area (Å²) in [4.78, 5) is 0.